The topological polar surface area (TPSA) is 40.5 Å². The first-order valence-electron chi connectivity index (χ1n) is 5.87. The van der Waals surface area contributed by atoms with Gasteiger partial charge < -0.3 is 10.0 Å². The van der Waals surface area contributed by atoms with Crippen LogP contribution in [-0.4, -0.2) is 35.6 Å². The SMILES string of the molecule is O=C(c1ccccc1Cl)N1CCCC(CO)C1. The van der Waals surface area contributed by atoms with E-state index in [2.05, 4.69) is 0 Å². The van der Waals surface area contributed by atoms with Crippen molar-refractivity contribution in [3.8, 4) is 0 Å². The number of hydrogen-bond donors (Lipinski definition) is 1. The van der Waals surface area contributed by atoms with Crippen LogP contribution in [0.5, 0.6) is 0 Å². The number of halogens is 1. The number of aliphatic hydroxyl groups excluding tert-OH is 1. The quantitative estimate of drug-likeness (QED) is 0.878. The van der Waals surface area contributed by atoms with E-state index in [1.165, 1.54) is 0 Å². The average Bonchev–Trinajstić information content (AvgIpc) is 2.38. The number of carbonyl (C=O) groups excluding carboxylic acids is 1. The summed E-state index contributed by atoms with van der Waals surface area (Å²) in [5, 5.41) is 9.64. The number of rotatable bonds is 2. The van der Waals surface area contributed by atoms with Gasteiger partial charge in [-0.05, 0) is 30.9 Å². The first kappa shape index (κ1) is 12.4. The van der Waals surface area contributed by atoms with Crippen LogP contribution < -0.4 is 0 Å². The van der Waals surface area contributed by atoms with Crippen LogP contribution in [0.1, 0.15) is 23.2 Å². The molecule has 0 bridgehead atoms. The lowest BCUT2D eigenvalue weighted by atomic mass is 9.98. The minimum Gasteiger partial charge on any atom is -0.396 e. The van der Waals surface area contributed by atoms with Crippen molar-refractivity contribution in [2.45, 2.75) is 12.8 Å². The Balaban J connectivity index is 2.12. The van der Waals surface area contributed by atoms with Crippen molar-refractivity contribution >= 4 is 17.5 Å². The Hall–Kier alpha value is -1.06. The summed E-state index contributed by atoms with van der Waals surface area (Å²) in [6, 6.07) is 7.09. The number of nitrogens with zero attached hydrogens (tertiary/aromatic N) is 1. The summed E-state index contributed by atoms with van der Waals surface area (Å²) in [5.41, 5.74) is 0.549. The van der Waals surface area contributed by atoms with Gasteiger partial charge in [0.25, 0.3) is 5.91 Å². The van der Waals surface area contributed by atoms with Gasteiger partial charge >= 0.3 is 0 Å². The molecule has 1 unspecified atom stereocenters. The summed E-state index contributed by atoms with van der Waals surface area (Å²) in [4.78, 5) is 14.0. The van der Waals surface area contributed by atoms with E-state index in [1.54, 1.807) is 17.0 Å². The van der Waals surface area contributed by atoms with Crippen LogP contribution in [0, 0.1) is 5.92 Å². The average molecular weight is 254 g/mol. The molecule has 92 valence electrons. The van der Waals surface area contributed by atoms with Crippen LogP contribution in [-0.2, 0) is 0 Å². The van der Waals surface area contributed by atoms with E-state index in [0.29, 0.717) is 17.1 Å². The first-order chi connectivity index (χ1) is 8.22. The maximum absolute atomic E-state index is 12.2. The lowest BCUT2D eigenvalue weighted by molar-refractivity contribution is 0.0621. The van der Waals surface area contributed by atoms with Crippen LogP contribution in [0.15, 0.2) is 24.3 Å². The molecule has 1 aliphatic rings. The highest BCUT2D eigenvalue weighted by Gasteiger charge is 2.24. The van der Waals surface area contributed by atoms with Crippen LogP contribution in [0.25, 0.3) is 0 Å². The molecule has 1 saturated heterocycles. The molecule has 1 heterocycles. The highest BCUT2D eigenvalue weighted by atomic mass is 35.5. The third-order valence-electron chi connectivity index (χ3n) is 3.17. The van der Waals surface area contributed by atoms with Crippen molar-refractivity contribution in [1.29, 1.82) is 0 Å². The zero-order valence-corrected chi connectivity index (χ0v) is 10.4. The number of hydrogen-bond acceptors (Lipinski definition) is 2. The number of benzene rings is 1. The second-order valence-electron chi connectivity index (χ2n) is 4.42. The standard InChI is InChI=1S/C13H16ClNO2/c14-12-6-2-1-5-11(12)13(17)15-7-3-4-10(8-15)9-16/h1-2,5-6,10,16H,3-4,7-9H2. The molecule has 1 aromatic rings. The molecule has 0 saturated carbocycles. The van der Waals surface area contributed by atoms with Crippen LogP contribution in [0.3, 0.4) is 0 Å². The molecule has 1 fully saturated rings. The fraction of sp³-hybridized carbons (Fsp3) is 0.462. The van der Waals surface area contributed by atoms with Crippen molar-refractivity contribution in [3.05, 3.63) is 34.9 Å². The number of likely N-dealkylation sites (tertiary alicyclic amines) is 1. The molecule has 0 aromatic heterocycles. The lowest BCUT2D eigenvalue weighted by Gasteiger charge is -2.32. The molecule has 1 amide bonds. The molecule has 1 aliphatic heterocycles. The second kappa shape index (κ2) is 5.52. The van der Waals surface area contributed by atoms with E-state index in [4.69, 9.17) is 16.7 Å². The van der Waals surface area contributed by atoms with Gasteiger partial charge in [-0.3, -0.25) is 4.79 Å². The third kappa shape index (κ3) is 2.79. The van der Waals surface area contributed by atoms with Gasteiger partial charge in [-0.15, -0.1) is 0 Å². The first-order valence-corrected chi connectivity index (χ1v) is 6.25. The second-order valence-corrected chi connectivity index (χ2v) is 4.83. The molecule has 4 heteroatoms. The van der Waals surface area contributed by atoms with Crippen molar-refractivity contribution in [1.82, 2.24) is 4.90 Å². The zero-order valence-electron chi connectivity index (χ0n) is 9.60. The molecular formula is C13H16ClNO2. The van der Waals surface area contributed by atoms with Crippen molar-refractivity contribution in [2.75, 3.05) is 19.7 Å². The van der Waals surface area contributed by atoms with E-state index >= 15 is 0 Å². The van der Waals surface area contributed by atoms with Crippen molar-refractivity contribution < 1.29 is 9.90 Å². The highest BCUT2D eigenvalue weighted by molar-refractivity contribution is 6.33. The molecule has 17 heavy (non-hydrogen) atoms. The molecule has 0 aliphatic carbocycles. The fourth-order valence-corrected chi connectivity index (χ4v) is 2.42. The maximum atomic E-state index is 12.2. The Morgan fingerprint density at radius 2 is 2.24 bits per heavy atom. The predicted octanol–water partition coefficient (Wildman–Crippen LogP) is 2.18. The zero-order chi connectivity index (χ0) is 12.3. The Kier molecular flexibility index (Phi) is 4.02. The van der Waals surface area contributed by atoms with Crippen molar-refractivity contribution in [2.24, 2.45) is 5.92 Å². The largest absolute Gasteiger partial charge is 0.396 e. The van der Waals surface area contributed by atoms with Gasteiger partial charge in [-0.25, -0.2) is 0 Å². The number of piperidine rings is 1. The number of carbonyl (C=O) groups is 1. The molecule has 0 radical (unpaired) electrons. The van der Waals surface area contributed by atoms with Gasteiger partial charge in [0.05, 0.1) is 10.6 Å². The molecule has 0 spiro atoms. The van der Waals surface area contributed by atoms with Crippen LogP contribution >= 0.6 is 11.6 Å². The number of amides is 1. The normalized spacial score (nSPS) is 20.4. The molecule has 3 nitrogen and oxygen atoms in total. The molecule has 1 N–H and O–H groups in total. The van der Waals surface area contributed by atoms with Crippen molar-refractivity contribution in [3.63, 3.8) is 0 Å². The molecule has 2 rings (SSSR count). The summed E-state index contributed by atoms with van der Waals surface area (Å²) in [6.45, 7) is 1.52. The van der Waals surface area contributed by atoms with E-state index in [-0.39, 0.29) is 18.4 Å². The minimum atomic E-state index is -0.0336. The Labute approximate surface area is 106 Å². The van der Waals surface area contributed by atoms with Gasteiger partial charge in [-0.1, -0.05) is 23.7 Å². The number of aliphatic hydroxyl groups is 1. The van der Waals surface area contributed by atoms with Gasteiger partial charge in [0.15, 0.2) is 0 Å². The van der Waals surface area contributed by atoms with Gasteiger partial charge in [-0.2, -0.15) is 0 Å². The maximum Gasteiger partial charge on any atom is 0.255 e. The Morgan fingerprint density at radius 1 is 1.47 bits per heavy atom. The summed E-state index contributed by atoms with van der Waals surface area (Å²) in [7, 11) is 0. The Morgan fingerprint density at radius 3 is 2.94 bits per heavy atom. The van der Waals surface area contributed by atoms with E-state index in [9.17, 15) is 4.79 Å². The monoisotopic (exact) mass is 253 g/mol. The summed E-state index contributed by atoms with van der Waals surface area (Å²) in [6.07, 6.45) is 1.93. The van der Waals surface area contributed by atoms with E-state index in [1.807, 2.05) is 12.1 Å². The lowest BCUT2D eigenvalue weighted by Crippen LogP contribution is -2.41. The summed E-state index contributed by atoms with van der Waals surface area (Å²) < 4.78 is 0. The summed E-state index contributed by atoms with van der Waals surface area (Å²) in [5.74, 6) is 0.170. The molecular weight excluding hydrogens is 238 g/mol. The smallest absolute Gasteiger partial charge is 0.255 e. The van der Waals surface area contributed by atoms with Crippen LogP contribution in [0.4, 0.5) is 0 Å². The van der Waals surface area contributed by atoms with E-state index in [0.717, 1.165) is 19.4 Å². The molecule has 1 atom stereocenters. The highest BCUT2D eigenvalue weighted by Crippen LogP contribution is 2.21. The fourth-order valence-electron chi connectivity index (χ4n) is 2.20. The van der Waals surface area contributed by atoms with Crippen LogP contribution in [0.2, 0.25) is 5.02 Å². The predicted molar refractivity (Wildman–Crippen MR) is 67.2 cm³/mol. The third-order valence-corrected chi connectivity index (χ3v) is 3.50. The van der Waals surface area contributed by atoms with E-state index < -0.39 is 0 Å². The van der Waals surface area contributed by atoms with Gasteiger partial charge in [0.1, 0.15) is 0 Å². The summed E-state index contributed by atoms with van der Waals surface area (Å²) >= 11 is 6.01. The minimum absolute atomic E-state index is 0.0336. The van der Waals surface area contributed by atoms with Gasteiger partial charge in [0, 0.05) is 19.7 Å². The Bertz CT molecular complexity index is 408. The molecule has 1 aromatic carbocycles. The van der Waals surface area contributed by atoms with Gasteiger partial charge in [0.2, 0.25) is 0 Å².